The van der Waals surface area contributed by atoms with Crippen LogP contribution in [0.1, 0.15) is 18.4 Å². The molecule has 92 valence electrons. The van der Waals surface area contributed by atoms with Crippen molar-refractivity contribution in [3.63, 3.8) is 0 Å². The van der Waals surface area contributed by atoms with Crippen molar-refractivity contribution in [1.29, 1.82) is 0 Å². The molecule has 0 aliphatic rings. The number of amides is 3. The van der Waals surface area contributed by atoms with E-state index in [4.69, 9.17) is 5.73 Å². The molecule has 0 aliphatic carbocycles. The molecular formula is C12H17N3O2. The summed E-state index contributed by atoms with van der Waals surface area (Å²) in [5, 5.41) is 4.96. The Balaban J connectivity index is 2.31. The number of carbonyl (C=O) groups excluding carboxylic acids is 2. The Kier molecular flexibility index (Phi) is 5.00. The van der Waals surface area contributed by atoms with Gasteiger partial charge in [0.05, 0.1) is 6.54 Å². The van der Waals surface area contributed by atoms with E-state index in [1.54, 1.807) is 0 Å². The lowest BCUT2D eigenvalue weighted by Crippen LogP contribution is -2.40. The summed E-state index contributed by atoms with van der Waals surface area (Å²) < 4.78 is 0. The summed E-state index contributed by atoms with van der Waals surface area (Å²) >= 11 is 0. The summed E-state index contributed by atoms with van der Waals surface area (Å²) in [6.45, 7) is 2.47. The number of carbonyl (C=O) groups is 2. The maximum atomic E-state index is 11.3. The Morgan fingerprint density at radius 3 is 2.47 bits per heavy atom. The van der Waals surface area contributed by atoms with Crippen LogP contribution < -0.4 is 16.4 Å². The van der Waals surface area contributed by atoms with Gasteiger partial charge in [-0.1, -0.05) is 37.3 Å². The van der Waals surface area contributed by atoms with Gasteiger partial charge in [0, 0.05) is 6.54 Å². The zero-order chi connectivity index (χ0) is 12.7. The summed E-state index contributed by atoms with van der Waals surface area (Å²) in [4.78, 5) is 21.7. The van der Waals surface area contributed by atoms with Gasteiger partial charge in [0.15, 0.2) is 0 Å². The Hall–Kier alpha value is -2.04. The van der Waals surface area contributed by atoms with E-state index in [2.05, 4.69) is 10.6 Å². The highest BCUT2D eigenvalue weighted by atomic mass is 16.2. The first-order chi connectivity index (χ1) is 8.09. The largest absolute Gasteiger partial charge is 0.354 e. The lowest BCUT2D eigenvalue weighted by Gasteiger charge is -2.13. The highest BCUT2D eigenvalue weighted by molar-refractivity contribution is 5.83. The van der Waals surface area contributed by atoms with Gasteiger partial charge in [0.25, 0.3) is 0 Å². The smallest absolute Gasteiger partial charge is 0.312 e. The highest BCUT2D eigenvalue weighted by Gasteiger charge is 2.07. The van der Waals surface area contributed by atoms with E-state index < -0.39 is 6.03 Å². The first kappa shape index (κ1) is 13.0. The first-order valence-corrected chi connectivity index (χ1v) is 5.44. The molecule has 0 saturated heterocycles. The molecular weight excluding hydrogens is 218 g/mol. The Morgan fingerprint density at radius 2 is 1.88 bits per heavy atom. The van der Waals surface area contributed by atoms with Crippen molar-refractivity contribution in [2.75, 3.05) is 13.1 Å². The van der Waals surface area contributed by atoms with Crippen molar-refractivity contribution >= 4 is 11.9 Å². The molecule has 0 spiro atoms. The fourth-order valence-corrected chi connectivity index (χ4v) is 1.40. The lowest BCUT2D eigenvalue weighted by molar-refractivity contribution is -0.120. The number of primary amides is 1. The van der Waals surface area contributed by atoms with E-state index >= 15 is 0 Å². The minimum absolute atomic E-state index is 0.0865. The van der Waals surface area contributed by atoms with Crippen LogP contribution in [-0.2, 0) is 4.79 Å². The fraction of sp³-hybridized carbons (Fsp3) is 0.333. The standard InChI is InChI=1S/C12H17N3O2/c1-9(10-5-3-2-4-6-10)7-14-11(16)8-15-12(13)17/h2-6,9H,7-8H2,1H3,(H,14,16)(H3,13,15,17). The molecule has 1 aromatic rings. The molecule has 0 radical (unpaired) electrons. The van der Waals surface area contributed by atoms with Crippen molar-refractivity contribution in [2.24, 2.45) is 5.73 Å². The number of nitrogens with one attached hydrogen (secondary N) is 2. The molecule has 1 rings (SSSR count). The summed E-state index contributed by atoms with van der Waals surface area (Å²) in [5.41, 5.74) is 6.02. The molecule has 1 aromatic carbocycles. The van der Waals surface area contributed by atoms with Gasteiger partial charge in [-0.2, -0.15) is 0 Å². The Bertz CT molecular complexity index is 379. The summed E-state index contributed by atoms with van der Waals surface area (Å²) in [6, 6.07) is 9.20. The van der Waals surface area contributed by atoms with Gasteiger partial charge in [-0.25, -0.2) is 4.79 Å². The van der Waals surface area contributed by atoms with Crippen molar-refractivity contribution < 1.29 is 9.59 Å². The van der Waals surface area contributed by atoms with Crippen LogP contribution in [0, 0.1) is 0 Å². The second-order valence-electron chi connectivity index (χ2n) is 3.83. The molecule has 5 nitrogen and oxygen atoms in total. The molecule has 1 unspecified atom stereocenters. The van der Waals surface area contributed by atoms with Gasteiger partial charge in [-0.3, -0.25) is 4.79 Å². The molecule has 1 atom stereocenters. The highest BCUT2D eigenvalue weighted by Crippen LogP contribution is 2.12. The Morgan fingerprint density at radius 1 is 1.24 bits per heavy atom. The van der Waals surface area contributed by atoms with E-state index in [1.165, 1.54) is 0 Å². The lowest BCUT2D eigenvalue weighted by atomic mass is 10.0. The number of benzene rings is 1. The quantitative estimate of drug-likeness (QED) is 0.697. The predicted molar refractivity (Wildman–Crippen MR) is 65.5 cm³/mol. The number of rotatable bonds is 5. The van der Waals surface area contributed by atoms with Gasteiger partial charge >= 0.3 is 6.03 Å². The van der Waals surface area contributed by atoms with Crippen LogP contribution in [0.25, 0.3) is 0 Å². The number of urea groups is 1. The SMILES string of the molecule is CC(CNC(=O)CNC(N)=O)c1ccccc1. The van der Waals surface area contributed by atoms with Crippen molar-refractivity contribution in [2.45, 2.75) is 12.8 Å². The fourth-order valence-electron chi connectivity index (χ4n) is 1.40. The number of hydrogen-bond acceptors (Lipinski definition) is 2. The van der Waals surface area contributed by atoms with Gasteiger partial charge in [-0.15, -0.1) is 0 Å². The van der Waals surface area contributed by atoms with Crippen LogP contribution in [-0.4, -0.2) is 25.0 Å². The zero-order valence-corrected chi connectivity index (χ0v) is 9.77. The van der Waals surface area contributed by atoms with Crippen molar-refractivity contribution in [3.05, 3.63) is 35.9 Å². The van der Waals surface area contributed by atoms with Crippen molar-refractivity contribution in [3.8, 4) is 0 Å². The molecule has 3 amide bonds. The van der Waals surface area contributed by atoms with Crippen LogP contribution in [0.5, 0.6) is 0 Å². The normalized spacial score (nSPS) is 11.6. The summed E-state index contributed by atoms with van der Waals surface area (Å²) in [7, 11) is 0. The average Bonchev–Trinajstić information content (AvgIpc) is 2.34. The van der Waals surface area contributed by atoms with Gasteiger partial charge in [0.2, 0.25) is 5.91 Å². The van der Waals surface area contributed by atoms with Crippen LogP contribution in [0.2, 0.25) is 0 Å². The summed E-state index contributed by atoms with van der Waals surface area (Å²) in [6.07, 6.45) is 0. The molecule has 0 aromatic heterocycles. The topological polar surface area (TPSA) is 84.2 Å². The minimum atomic E-state index is -0.698. The van der Waals surface area contributed by atoms with E-state index in [0.29, 0.717) is 6.54 Å². The van der Waals surface area contributed by atoms with E-state index in [0.717, 1.165) is 5.56 Å². The van der Waals surface area contributed by atoms with Gasteiger partial charge in [-0.05, 0) is 11.5 Å². The Labute approximate surface area is 100 Å². The zero-order valence-electron chi connectivity index (χ0n) is 9.77. The summed E-state index contributed by atoms with van der Waals surface area (Å²) in [5.74, 6) is -0.0136. The minimum Gasteiger partial charge on any atom is -0.354 e. The van der Waals surface area contributed by atoms with Gasteiger partial charge in [0.1, 0.15) is 0 Å². The number of hydrogen-bond donors (Lipinski definition) is 3. The second-order valence-corrected chi connectivity index (χ2v) is 3.83. The second kappa shape index (κ2) is 6.52. The first-order valence-electron chi connectivity index (χ1n) is 5.44. The third-order valence-corrected chi connectivity index (χ3v) is 2.40. The predicted octanol–water partition coefficient (Wildman–Crippen LogP) is 0.575. The molecule has 0 fully saturated rings. The molecule has 0 heterocycles. The average molecular weight is 235 g/mol. The molecule has 5 heteroatoms. The van der Waals surface area contributed by atoms with Crippen LogP contribution in [0.4, 0.5) is 4.79 Å². The third kappa shape index (κ3) is 5.01. The van der Waals surface area contributed by atoms with Crippen LogP contribution in [0.15, 0.2) is 30.3 Å². The van der Waals surface area contributed by atoms with E-state index in [-0.39, 0.29) is 18.4 Å². The van der Waals surface area contributed by atoms with E-state index in [1.807, 2.05) is 37.3 Å². The van der Waals surface area contributed by atoms with Crippen LogP contribution >= 0.6 is 0 Å². The number of nitrogens with two attached hydrogens (primary N) is 1. The molecule has 0 saturated carbocycles. The van der Waals surface area contributed by atoms with Crippen LogP contribution in [0.3, 0.4) is 0 Å². The van der Waals surface area contributed by atoms with Gasteiger partial charge < -0.3 is 16.4 Å². The van der Waals surface area contributed by atoms with Crippen molar-refractivity contribution in [1.82, 2.24) is 10.6 Å². The third-order valence-electron chi connectivity index (χ3n) is 2.40. The molecule has 0 bridgehead atoms. The van der Waals surface area contributed by atoms with E-state index in [9.17, 15) is 9.59 Å². The molecule has 17 heavy (non-hydrogen) atoms. The molecule has 0 aliphatic heterocycles. The molecule has 4 N–H and O–H groups in total. The maximum Gasteiger partial charge on any atom is 0.312 e. The monoisotopic (exact) mass is 235 g/mol. The maximum absolute atomic E-state index is 11.3.